The summed E-state index contributed by atoms with van der Waals surface area (Å²) in [6.45, 7) is 2.00. The topological polar surface area (TPSA) is 128 Å². The zero-order valence-electron chi connectivity index (χ0n) is 13.6. The second-order valence-electron chi connectivity index (χ2n) is 4.94. The van der Waals surface area contributed by atoms with Crippen molar-refractivity contribution in [2.75, 3.05) is 6.54 Å². The first-order valence-corrected chi connectivity index (χ1v) is 8.33. The summed E-state index contributed by atoms with van der Waals surface area (Å²) >= 11 is 0.635. The van der Waals surface area contributed by atoms with Gasteiger partial charge in [-0.2, -0.15) is 0 Å². The van der Waals surface area contributed by atoms with Gasteiger partial charge >= 0.3 is 17.0 Å². The molecule has 10 heteroatoms. The normalized spacial score (nSPS) is 11.3. The molecule has 0 aliphatic heterocycles. The van der Waals surface area contributed by atoms with Crippen molar-refractivity contribution in [2.45, 2.75) is 13.0 Å². The third kappa shape index (κ3) is 4.86. The number of benzene rings is 1. The van der Waals surface area contributed by atoms with E-state index in [0.29, 0.717) is 23.4 Å². The van der Waals surface area contributed by atoms with Crippen LogP contribution in [0.5, 0.6) is 0 Å². The van der Waals surface area contributed by atoms with Crippen LogP contribution in [0, 0.1) is 10.1 Å². The van der Waals surface area contributed by atoms with Crippen LogP contribution in [0.15, 0.2) is 42.5 Å². The highest BCUT2D eigenvalue weighted by Crippen LogP contribution is 2.27. The summed E-state index contributed by atoms with van der Waals surface area (Å²) < 4.78 is 5.21. The highest BCUT2D eigenvalue weighted by Gasteiger charge is 2.28. The second kappa shape index (κ2) is 8.72. The third-order valence-electron chi connectivity index (χ3n) is 3.11. The van der Waals surface area contributed by atoms with Crippen LogP contribution < -0.4 is 10.6 Å². The molecule has 3 amide bonds. The van der Waals surface area contributed by atoms with Crippen molar-refractivity contribution in [3.63, 3.8) is 0 Å². The lowest BCUT2D eigenvalue weighted by molar-refractivity contribution is -0.380. The predicted molar refractivity (Wildman–Crippen MR) is 92.8 cm³/mol. The van der Waals surface area contributed by atoms with Crippen molar-refractivity contribution in [3.8, 4) is 0 Å². The summed E-state index contributed by atoms with van der Waals surface area (Å²) in [5.41, 5.74) is 0.355. The quantitative estimate of drug-likeness (QED) is 0.452. The molecule has 26 heavy (non-hydrogen) atoms. The van der Waals surface area contributed by atoms with Crippen molar-refractivity contribution < 1.29 is 24.0 Å². The molecule has 0 radical (unpaired) electrons. The number of rotatable bonds is 6. The average molecular weight is 377 g/mol. The lowest BCUT2D eigenvalue weighted by atomic mass is 10.1. The van der Waals surface area contributed by atoms with Gasteiger partial charge < -0.3 is 10.1 Å². The number of esters is 1. The standard InChI is InChI=1S/C16H15N3O6S/c1-2-17-16(22)18-14(20)13(10-6-4-3-5-7-10)25-15(21)11-8-9-12(26-11)19(23)24/h3-9,13H,2H2,1H3,(H2,17,18,20,22)/t13-/m1/s1. The van der Waals surface area contributed by atoms with E-state index in [-0.39, 0.29) is 9.88 Å². The summed E-state index contributed by atoms with van der Waals surface area (Å²) in [5.74, 6) is -1.73. The highest BCUT2D eigenvalue weighted by molar-refractivity contribution is 7.17. The minimum absolute atomic E-state index is 0.0246. The fourth-order valence-corrected chi connectivity index (χ4v) is 2.69. The van der Waals surface area contributed by atoms with Gasteiger partial charge in [-0.3, -0.25) is 20.2 Å². The molecule has 0 bridgehead atoms. The van der Waals surface area contributed by atoms with E-state index in [1.165, 1.54) is 12.1 Å². The number of nitrogens with one attached hydrogen (secondary N) is 2. The van der Waals surface area contributed by atoms with Gasteiger partial charge in [0.05, 0.1) is 4.92 Å². The zero-order chi connectivity index (χ0) is 19.1. The van der Waals surface area contributed by atoms with E-state index in [4.69, 9.17) is 4.74 Å². The number of thiophene rings is 1. The first-order valence-electron chi connectivity index (χ1n) is 7.51. The number of nitrogens with zero attached hydrogens (tertiary/aromatic N) is 1. The van der Waals surface area contributed by atoms with E-state index in [1.807, 2.05) is 0 Å². The molecule has 0 fully saturated rings. The minimum atomic E-state index is -1.38. The Morgan fingerprint density at radius 1 is 1.19 bits per heavy atom. The summed E-state index contributed by atoms with van der Waals surface area (Å²) in [5, 5.41) is 15.0. The second-order valence-corrected chi connectivity index (χ2v) is 6.00. The van der Waals surface area contributed by atoms with E-state index >= 15 is 0 Å². The van der Waals surface area contributed by atoms with E-state index in [2.05, 4.69) is 10.6 Å². The number of hydrogen-bond donors (Lipinski definition) is 2. The van der Waals surface area contributed by atoms with Gasteiger partial charge in [0.25, 0.3) is 5.91 Å². The Balaban J connectivity index is 2.20. The largest absolute Gasteiger partial charge is 0.443 e. The summed E-state index contributed by atoms with van der Waals surface area (Å²) in [4.78, 5) is 46.3. The molecule has 0 unspecified atom stereocenters. The van der Waals surface area contributed by atoms with Crippen molar-refractivity contribution in [3.05, 3.63) is 63.0 Å². The van der Waals surface area contributed by atoms with Crippen LogP contribution in [-0.4, -0.2) is 29.4 Å². The van der Waals surface area contributed by atoms with Crippen LogP contribution in [0.4, 0.5) is 9.80 Å². The average Bonchev–Trinajstić information content (AvgIpc) is 3.11. The lowest BCUT2D eigenvalue weighted by Gasteiger charge is -2.17. The first-order chi connectivity index (χ1) is 12.4. The van der Waals surface area contributed by atoms with Gasteiger partial charge in [0.1, 0.15) is 4.88 Å². The molecule has 1 atom stereocenters. The van der Waals surface area contributed by atoms with Crippen molar-refractivity contribution >= 4 is 34.2 Å². The summed E-state index contributed by atoms with van der Waals surface area (Å²) in [6.07, 6.45) is -1.38. The third-order valence-corrected chi connectivity index (χ3v) is 4.13. The molecule has 2 aromatic rings. The van der Waals surface area contributed by atoms with E-state index in [1.54, 1.807) is 37.3 Å². The number of ether oxygens (including phenoxy) is 1. The maximum Gasteiger partial charge on any atom is 0.349 e. The smallest absolute Gasteiger partial charge is 0.349 e. The lowest BCUT2D eigenvalue weighted by Crippen LogP contribution is -2.42. The molecule has 0 spiro atoms. The van der Waals surface area contributed by atoms with E-state index in [0.717, 1.165) is 0 Å². The Bertz CT molecular complexity index is 820. The maximum atomic E-state index is 12.4. The summed E-state index contributed by atoms with van der Waals surface area (Å²) in [7, 11) is 0. The molecule has 2 N–H and O–H groups in total. The Morgan fingerprint density at radius 3 is 2.46 bits per heavy atom. The fraction of sp³-hybridized carbons (Fsp3) is 0.188. The number of carbonyl (C=O) groups excluding carboxylic acids is 3. The van der Waals surface area contributed by atoms with Crippen LogP contribution in [0.1, 0.15) is 28.3 Å². The van der Waals surface area contributed by atoms with Crippen LogP contribution in [0.25, 0.3) is 0 Å². The van der Waals surface area contributed by atoms with Crippen LogP contribution >= 0.6 is 11.3 Å². The molecule has 1 aromatic heterocycles. The van der Waals surface area contributed by atoms with Gasteiger partial charge in [0, 0.05) is 18.2 Å². The minimum Gasteiger partial charge on any atom is -0.443 e. The molecule has 0 saturated carbocycles. The summed E-state index contributed by atoms with van der Waals surface area (Å²) in [6, 6.07) is 9.83. The van der Waals surface area contributed by atoms with Crippen molar-refractivity contribution in [2.24, 2.45) is 0 Å². The molecule has 1 aromatic carbocycles. The van der Waals surface area contributed by atoms with Gasteiger partial charge in [-0.05, 0) is 13.0 Å². The van der Waals surface area contributed by atoms with Crippen molar-refractivity contribution in [1.29, 1.82) is 0 Å². The Labute approximate surface area is 152 Å². The van der Waals surface area contributed by atoms with Crippen LogP contribution in [0.3, 0.4) is 0 Å². The monoisotopic (exact) mass is 377 g/mol. The predicted octanol–water partition coefficient (Wildman–Crippen LogP) is 2.40. The number of urea groups is 1. The first kappa shape index (κ1) is 19.1. The molecular formula is C16H15N3O6S. The van der Waals surface area contributed by atoms with Gasteiger partial charge in [-0.25, -0.2) is 9.59 Å². The number of nitro groups is 1. The maximum absolute atomic E-state index is 12.4. The zero-order valence-corrected chi connectivity index (χ0v) is 14.4. The fourth-order valence-electron chi connectivity index (χ4n) is 1.98. The van der Waals surface area contributed by atoms with E-state index in [9.17, 15) is 24.5 Å². The van der Waals surface area contributed by atoms with Gasteiger partial charge in [0.2, 0.25) is 6.10 Å². The Morgan fingerprint density at radius 2 is 1.88 bits per heavy atom. The Hall–Kier alpha value is -3.27. The van der Waals surface area contributed by atoms with Crippen LogP contribution in [-0.2, 0) is 9.53 Å². The van der Waals surface area contributed by atoms with Crippen LogP contribution in [0.2, 0.25) is 0 Å². The number of hydrogen-bond acceptors (Lipinski definition) is 7. The molecule has 0 aliphatic carbocycles. The molecule has 9 nitrogen and oxygen atoms in total. The molecule has 0 aliphatic rings. The SMILES string of the molecule is CCNC(=O)NC(=O)[C@H](OC(=O)c1ccc([N+](=O)[O-])s1)c1ccccc1. The van der Waals surface area contributed by atoms with Gasteiger partial charge in [-0.15, -0.1) is 0 Å². The molecule has 1 heterocycles. The highest BCUT2D eigenvalue weighted by atomic mass is 32.1. The number of imide groups is 1. The van der Waals surface area contributed by atoms with Gasteiger partial charge in [-0.1, -0.05) is 41.7 Å². The molecule has 2 rings (SSSR count). The number of carbonyl (C=O) groups is 3. The Kier molecular flexibility index (Phi) is 6.39. The number of amides is 3. The van der Waals surface area contributed by atoms with Gasteiger partial charge in [0.15, 0.2) is 0 Å². The van der Waals surface area contributed by atoms with Crippen molar-refractivity contribution in [1.82, 2.24) is 10.6 Å². The molecule has 0 saturated heterocycles. The van der Waals surface area contributed by atoms with E-state index < -0.39 is 28.9 Å². The molecular weight excluding hydrogens is 362 g/mol. The molecule has 136 valence electrons.